The first-order valence-electron chi connectivity index (χ1n) is 4.96. The zero-order valence-electron chi connectivity index (χ0n) is 8.49. The van der Waals surface area contributed by atoms with Crippen LogP contribution in [0.1, 0.15) is 5.56 Å². The Labute approximate surface area is 88.6 Å². The van der Waals surface area contributed by atoms with Crippen molar-refractivity contribution in [2.24, 2.45) is 0 Å². The van der Waals surface area contributed by atoms with Crippen LogP contribution in [0.3, 0.4) is 0 Å². The van der Waals surface area contributed by atoms with E-state index in [4.69, 9.17) is 10.2 Å². The van der Waals surface area contributed by atoms with Gasteiger partial charge in [0, 0.05) is 6.54 Å². The Morgan fingerprint density at radius 3 is 2.53 bits per heavy atom. The van der Waals surface area contributed by atoms with Crippen molar-refractivity contribution in [3.8, 4) is 0 Å². The third-order valence-corrected chi connectivity index (χ3v) is 2.09. The normalized spacial score (nSPS) is 12.7. The minimum atomic E-state index is -0.710. The molecule has 1 aromatic carbocycles. The van der Waals surface area contributed by atoms with Gasteiger partial charge >= 0.3 is 0 Å². The molecule has 1 atom stereocenters. The fraction of sp³-hybridized carbons (Fsp3) is 0.455. The summed E-state index contributed by atoms with van der Waals surface area (Å²) in [6.45, 7) is 0.837. The van der Waals surface area contributed by atoms with Crippen LogP contribution in [-0.2, 0) is 6.42 Å². The molecule has 4 heteroatoms. The van der Waals surface area contributed by atoms with Gasteiger partial charge in [-0.3, -0.25) is 0 Å². The van der Waals surface area contributed by atoms with Gasteiger partial charge in [0.15, 0.2) is 0 Å². The lowest BCUT2D eigenvalue weighted by molar-refractivity contribution is 0.0947. The Bertz CT molecular complexity index is 276. The monoisotopic (exact) mass is 213 g/mol. The third kappa shape index (κ3) is 4.88. The summed E-state index contributed by atoms with van der Waals surface area (Å²) in [6, 6.07) is 6.33. The quantitative estimate of drug-likeness (QED) is 0.596. The fourth-order valence-electron chi connectivity index (χ4n) is 1.22. The molecule has 0 aliphatic heterocycles. The van der Waals surface area contributed by atoms with Crippen LogP contribution < -0.4 is 5.32 Å². The molecule has 0 aromatic heterocycles. The first kappa shape index (κ1) is 12.1. The molecule has 1 unspecified atom stereocenters. The Hall–Kier alpha value is -0.970. The lowest BCUT2D eigenvalue weighted by Gasteiger charge is -2.08. The van der Waals surface area contributed by atoms with Gasteiger partial charge in [0.25, 0.3) is 0 Å². The van der Waals surface area contributed by atoms with Crippen LogP contribution in [0.4, 0.5) is 4.39 Å². The molecular formula is C11H16FNO2. The first-order chi connectivity index (χ1) is 7.22. The van der Waals surface area contributed by atoms with E-state index in [9.17, 15) is 4.39 Å². The lowest BCUT2D eigenvalue weighted by atomic mass is 10.1. The number of nitrogens with one attached hydrogen (secondary N) is 1. The van der Waals surface area contributed by atoms with E-state index in [2.05, 4.69) is 5.32 Å². The molecule has 3 nitrogen and oxygen atoms in total. The van der Waals surface area contributed by atoms with E-state index in [0.29, 0.717) is 13.1 Å². The average molecular weight is 213 g/mol. The SMILES string of the molecule is OCC(O)CNCCc1ccc(F)cc1. The number of hydrogen-bond donors (Lipinski definition) is 3. The summed E-state index contributed by atoms with van der Waals surface area (Å²) in [6.07, 6.45) is 0.0662. The highest BCUT2D eigenvalue weighted by atomic mass is 19.1. The second-order valence-corrected chi connectivity index (χ2v) is 3.42. The van der Waals surface area contributed by atoms with E-state index in [1.807, 2.05) is 0 Å². The molecule has 0 radical (unpaired) electrons. The Morgan fingerprint density at radius 2 is 1.93 bits per heavy atom. The van der Waals surface area contributed by atoms with E-state index in [1.165, 1.54) is 12.1 Å². The van der Waals surface area contributed by atoms with Gasteiger partial charge in [0.05, 0.1) is 12.7 Å². The Kier molecular flexibility index (Phi) is 5.25. The molecule has 0 heterocycles. The van der Waals surface area contributed by atoms with E-state index in [1.54, 1.807) is 12.1 Å². The minimum Gasteiger partial charge on any atom is -0.394 e. The van der Waals surface area contributed by atoms with Crippen molar-refractivity contribution >= 4 is 0 Å². The molecule has 0 bridgehead atoms. The number of hydrogen-bond acceptors (Lipinski definition) is 3. The standard InChI is InChI=1S/C11H16FNO2/c12-10-3-1-9(2-4-10)5-6-13-7-11(15)8-14/h1-4,11,13-15H,5-8H2. The van der Waals surface area contributed by atoms with E-state index >= 15 is 0 Å². The van der Waals surface area contributed by atoms with E-state index < -0.39 is 6.10 Å². The molecule has 0 fully saturated rings. The van der Waals surface area contributed by atoms with Gasteiger partial charge in [-0.25, -0.2) is 4.39 Å². The third-order valence-electron chi connectivity index (χ3n) is 2.09. The summed E-state index contributed by atoms with van der Waals surface area (Å²) >= 11 is 0. The summed E-state index contributed by atoms with van der Waals surface area (Å²) in [5, 5.41) is 20.6. The predicted octanol–water partition coefficient (Wildman–Crippen LogP) is 0.311. The molecule has 1 rings (SSSR count). The van der Waals surface area contributed by atoms with Gasteiger partial charge in [-0.2, -0.15) is 0 Å². The van der Waals surface area contributed by atoms with Crippen LogP contribution in [0, 0.1) is 5.82 Å². The van der Waals surface area contributed by atoms with Crippen LogP contribution in [0.2, 0.25) is 0 Å². The second-order valence-electron chi connectivity index (χ2n) is 3.42. The highest BCUT2D eigenvalue weighted by Crippen LogP contribution is 2.02. The maximum Gasteiger partial charge on any atom is 0.123 e. The van der Waals surface area contributed by atoms with Crippen molar-refractivity contribution in [3.05, 3.63) is 35.6 Å². The molecule has 1 aromatic rings. The van der Waals surface area contributed by atoms with Crippen LogP contribution in [0.15, 0.2) is 24.3 Å². The van der Waals surface area contributed by atoms with Crippen molar-refractivity contribution < 1.29 is 14.6 Å². The molecule has 84 valence electrons. The smallest absolute Gasteiger partial charge is 0.123 e. The van der Waals surface area contributed by atoms with Crippen LogP contribution in [0.5, 0.6) is 0 Å². The summed E-state index contributed by atoms with van der Waals surface area (Å²) in [5.41, 5.74) is 1.04. The molecule has 0 spiro atoms. The van der Waals surface area contributed by atoms with Crippen molar-refractivity contribution in [3.63, 3.8) is 0 Å². The number of benzene rings is 1. The van der Waals surface area contributed by atoms with Crippen LogP contribution >= 0.6 is 0 Å². The zero-order chi connectivity index (χ0) is 11.1. The summed E-state index contributed by atoms with van der Waals surface area (Å²) in [5.74, 6) is -0.234. The minimum absolute atomic E-state index is 0.233. The lowest BCUT2D eigenvalue weighted by Crippen LogP contribution is -2.30. The maximum absolute atomic E-state index is 12.6. The second kappa shape index (κ2) is 6.50. The van der Waals surface area contributed by atoms with Gasteiger partial charge < -0.3 is 15.5 Å². The van der Waals surface area contributed by atoms with E-state index in [-0.39, 0.29) is 12.4 Å². The van der Waals surface area contributed by atoms with Crippen LogP contribution in [-0.4, -0.2) is 36.0 Å². The number of aliphatic hydroxyl groups is 2. The average Bonchev–Trinajstić information content (AvgIpc) is 2.26. The molecule has 3 N–H and O–H groups in total. The molecule has 0 amide bonds. The van der Waals surface area contributed by atoms with Gasteiger partial charge in [-0.05, 0) is 30.7 Å². The highest BCUT2D eigenvalue weighted by Gasteiger charge is 2.00. The maximum atomic E-state index is 12.6. The van der Waals surface area contributed by atoms with Crippen molar-refractivity contribution in [1.82, 2.24) is 5.32 Å². The van der Waals surface area contributed by atoms with Crippen molar-refractivity contribution in [1.29, 1.82) is 0 Å². The molecule has 0 aliphatic carbocycles. The van der Waals surface area contributed by atoms with Gasteiger partial charge in [0.1, 0.15) is 5.82 Å². The largest absolute Gasteiger partial charge is 0.394 e. The summed E-state index contributed by atoms with van der Waals surface area (Å²) in [7, 11) is 0. The zero-order valence-corrected chi connectivity index (χ0v) is 8.49. The fourth-order valence-corrected chi connectivity index (χ4v) is 1.22. The van der Waals surface area contributed by atoms with Gasteiger partial charge in [0.2, 0.25) is 0 Å². The predicted molar refractivity (Wildman–Crippen MR) is 56.1 cm³/mol. The highest BCUT2D eigenvalue weighted by molar-refractivity contribution is 5.16. The Balaban J connectivity index is 2.17. The van der Waals surface area contributed by atoms with Gasteiger partial charge in [-0.1, -0.05) is 12.1 Å². The molecular weight excluding hydrogens is 197 g/mol. The summed E-state index contributed by atoms with van der Waals surface area (Å²) < 4.78 is 12.6. The van der Waals surface area contributed by atoms with Gasteiger partial charge in [-0.15, -0.1) is 0 Å². The Morgan fingerprint density at radius 1 is 1.27 bits per heavy atom. The number of halogens is 1. The van der Waals surface area contributed by atoms with Crippen molar-refractivity contribution in [2.45, 2.75) is 12.5 Å². The molecule has 0 saturated carbocycles. The van der Waals surface area contributed by atoms with E-state index in [0.717, 1.165) is 12.0 Å². The van der Waals surface area contributed by atoms with Crippen LogP contribution in [0.25, 0.3) is 0 Å². The van der Waals surface area contributed by atoms with Crippen molar-refractivity contribution in [2.75, 3.05) is 19.7 Å². The summed E-state index contributed by atoms with van der Waals surface area (Å²) in [4.78, 5) is 0. The molecule has 15 heavy (non-hydrogen) atoms. The molecule has 0 saturated heterocycles. The number of aliphatic hydroxyl groups excluding tert-OH is 2. The first-order valence-corrected chi connectivity index (χ1v) is 4.96. The molecule has 0 aliphatic rings. The topological polar surface area (TPSA) is 52.5 Å². The number of rotatable bonds is 6.